The summed E-state index contributed by atoms with van der Waals surface area (Å²) in [6.45, 7) is 6.42. The van der Waals surface area contributed by atoms with Crippen LogP contribution in [0.15, 0.2) is 29.3 Å². The number of guanidine groups is 1. The molecule has 0 aromatic heterocycles. The molecule has 1 rings (SSSR count). The van der Waals surface area contributed by atoms with Gasteiger partial charge in [-0.25, -0.2) is 0 Å². The number of nitrogens with two attached hydrogens (primary N) is 1. The van der Waals surface area contributed by atoms with Crippen molar-refractivity contribution in [2.75, 3.05) is 11.9 Å². The first-order valence-corrected chi connectivity index (χ1v) is 6.94. The largest absolute Gasteiger partial charge is 0.370 e. The lowest BCUT2D eigenvalue weighted by atomic mass is 10.2. The summed E-state index contributed by atoms with van der Waals surface area (Å²) < 4.78 is 0. The molecule has 4 N–H and O–H groups in total. The highest BCUT2D eigenvalue weighted by Crippen LogP contribution is 2.07. The Labute approximate surface area is 143 Å². The van der Waals surface area contributed by atoms with Gasteiger partial charge in [0.1, 0.15) is 0 Å². The highest BCUT2D eigenvalue weighted by molar-refractivity contribution is 14.0. The number of aryl methyl sites for hydroxylation is 1. The lowest BCUT2D eigenvalue weighted by Gasteiger charge is -2.10. The second-order valence-corrected chi connectivity index (χ2v) is 4.88. The summed E-state index contributed by atoms with van der Waals surface area (Å²) in [5.41, 5.74) is 7.84. The zero-order valence-corrected chi connectivity index (χ0v) is 15.2. The van der Waals surface area contributed by atoms with Gasteiger partial charge in [0.25, 0.3) is 0 Å². The molecule has 0 spiro atoms. The molecule has 1 amide bonds. The molecule has 1 atom stereocenters. The molecule has 118 valence electrons. The number of carbonyl (C=O) groups is 1. The van der Waals surface area contributed by atoms with E-state index in [1.54, 1.807) is 0 Å². The molecule has 6 heteroatoms. The van der Waals surface area contributed by atoms with Crippen LogP contribution in [0.2, 0.25) is 0 Å². The number of halogens is 1. The fraction of sp³-hybridized carbons (Fsp3) is 0.467. The minimum atomic E-state index is 0. The van der Waals surface area contributed by atoms with Gasteiger partial charge < -0.3 is 16.4 Å². The van der Waals surface area contributed by atoms with Crippen LogP contribution in [0.4, 0.5) is 5.69 Å². The Kier molecular flexibility index (Phi) is 9.77. The van der Waals surface area contributed by atoms with E-state index in [-0.39, 0.29) is 35.9 Å². The minimum absolute atomic E-state index is 0. The van der Waals surface area contributed by atoms with Gasteiger partial charge in [0, 0.05) is 18.2 Å². The number of carbonyl (C=O) groups excluding carboxylic acids is 1. The van der Waals surface area contributed by atoms with Gasteiger partial charge in [0.15, 0.2) is 5.96 Å². The number of nitrogens with one attached hydrogen (secondary N) is 2. The summed E-state index contributed by atoms with van der Waals surface area (Å²) in [7, 11) is 0. The van der Waals surface area contributed by atoms with Gasteiger partial charge in [0.05, 0.1) is 6.54 Å². The molecule has 0 aliphatic rings. The minimum Gasteiger partial charge on any atom is -0.370 e. The third kappa shape index (κ3) is 8.54. The van der Waals surface area contributed by atoms with E-state index in [4.69, 9.17) is 5.73 Å². The summed E-state index contributed by atoms with van der Waals surface area (Å²) >= 11 is 0. The zero-order chi connectivity index (χ0) is 15.0. The fourth-order valence-electron chi connectivity index (χ4n) is 1.55. The molecule has 1 unspecified atom stereocenters. The number of hydrogen-bond donors (Lipinski definition) is 3. The Hall–Kier alpha value is -1.31. The predicted octanol–water partition coefficient (Wildman–Crippen LogP) is 2.64. The Morgan fingerprint density at radius 3 is 2.52 bits per heavy atom. The van der Waals surface area contributed by atoms with Crippen LogP contribution in [0.5, 0.6) is 0 Å². The van der Waals surface area contributed by atoms with Crippen molar-refractivity contribution in [1.29, 1.82) is 0 Å². The van der Waals surface area contributed by atoms with Crippen molar-refractivity contribution in [3.8, 4) is 0 Å². The maximum absolute atomic E-state index is 11.5. The molecule has 0 fully saturated rings. The van der Waals surface area contributed by atoms with E-state index < -0.39 is 0 Å². The second kappa shape index (κ2) is 10.4. The maximum Gasteiger partial charge on any atom is 0.222 e. The van der Waals surface area contributed by atoms with Gasteiger partial charge in [-0.15, -0.1) is 24.0 Å². The monoisotopic (exact) mass is 404 g/mol. The van der Waals surface area contributed by atoms with Crippen molar-refractivity contribution >= 4 is 41.5 Å². The zero-order valence-electron chi connectivity index (χ0n) is 12.8. The fourth-order valence-corrected chi connectivity index (χ4v) is 1.55. The smallest absolute Gasteiger partial charge is 0.222 e. The molecule has 0 aliphatic carbocycles. The topological polar surface area (TPSA) is 79.5 Å². The molecule has 5 nitrogen and oxygen atoms in total. The molecule has 0 radical (unpaired) electrons. The van der Waals surface area contributed by atoms with E-state index in [1.807, 2.05) is 45.0 Å². The van der Waals surface area contributed by atoms with E-state index in [1.165, 1.54) is 5.56 Å². The van der Waals surface area contributed by atoms with Gasteiger partial charge in [0.2, 0.25) is 5.91 Å². The van der Waals surface area contributed by atoms with Crippen molar-refractivity contribution in [3.05, 3.63) is 29.8 Å². The normalized spacial score (nSPS) is 12.2. The van der Waals surface area contributed by atoms with Crippen LogP contribution in [0.25, 0.3) is 0 Å². The number of anilines is 1. The molecule has 0 heterocycles. The predicted molar refractivity (Wildman–Crippen MR) is 99.2 cm³/mol. The van der Waals surface area contributed by atoms with E-state index in [0.29, 0.717) is 18.9 Å². The van der Waals surface area contributed by atoms with E-state index in [0.717, 1.165) is 12.1 Å². The Morgan fingerprint density at radius 2 is 1.95 bits per heavy atom. The molecule has 1 aromatic carbocycles. The van der Waals surface area contributed by atoms with Crippen LogP contribution in [0, 0.1) is 6.92 Å². The lowest BCUT2D eigenvalue weighted by molar-refractivity contribution is -0.121. The summed E-state index contributed by atoms with van der Waals surface area (Å²) in [6, 6.07) is 8.07. The standard InChI is InChI=1S/C15H24N4O.HI/c1-4-12(3)18-14(20)9-10-17-15(16)19-13-7-5-11(2)6-8-13;/h5-8,12H,4,9-10H2,1-3H3,(H,18,20)(H3,16,17,19);1H. The number of hydrogen-bond acceptors (Lipinski definition) is 2. The molecule has 0 saturated heterocycles. The van der Waals surface area contributed by atoms with Crippen LogP contribution in [0.3, 0.4) is 0 Å². The van der Waals surface area contributed by atoms with E-state index in [2.05, 4.69) is 15.6 Å². The highest BCUT2D eigenvalue weighted by atomic mass is 127. The highest BCUT2D eigenvalue weighted by Gasteiger charge is 2.04. The maximum atomic E-state index is 11.5. The van der Waals surface area contributed by atoms with Crippen LogP contribution in [-0.4, -0.2) is 24.5 Å². The molecular formula is C15H25IN4O. The quantitative estimate of drug-likeness (QED) is 0.388. The third-order valence-corrected chi connectivity index (χ3v) is 2.96. The van der Waals surface area contributed by atoms with E-state index in [9.17, 15) is 4.79 Å². The Morgan fingerprint density at radius 1 is 1.33 bits per heavy atom. The van der Waals surface area contributed by atoms with Crippen LogP contribution in [0.1, 0.15) is 32.3 Å². The van der Waals surface area contributed by atoms with Gasteiger partial charge in [-0.1, -0.05) is 24.6 Å². The number of aliphatic imine (C=N–C) groups is 1. The van der Waals surface area contributed by atoms with Crippen LogP contribution < -0.4 is 16.4 Å². The van der Waals surface area contributed by atoms with Crippen molar-refractivity contribution in [1.82, 2.24) is 5.32 Å². The van der Waals surface area contributed by atoms with E-state index >= 15 is 0 Å². The number of nitrogens with zero attached hydrogens (tertiary/aromatic N) is 1. The first-order valence-electron chi connectivity index (χ1n) is 6.94. The van der Waals surface area contributed by atoms with Gasteiger partial charge in [-0.05, 0) is 32.4 Å². The summed E-state index contributed by atoms with van der Waals surface area (Å²) in [4.78, 5) is 15.7. The van der Waals surface area contributed by atoms with Crippen molar-refractivity contribution in [3.63, 3.8) is 0 Å². The van der Waals surface area contributed by atoms with Gasteiger partial charge in [-0.3, -0.25) is 9.79 Å². The number of amides is 1. The molecular weight excluding hydrogens is 379 g/mol. The summed E-state index contributed by atoms with van der Waals surface area (Å²) in [6.07, 6.45) is 1.27. The Balaban J connectivity index is 0.00000400. The molecule has 1 aromatic rings. The average molecular weight is 404 g/mol. The molecule has 0 aliphatic heterocycles. The molecule has 0 saturated carbocycles. The summed E-state index contributed by atoms with van der Waals surface area (Å²) in [5.74, 6) is 0.330. The number of benzene rings is 1. The summed E-state index contributed by atoms with van der Waals surface area (Å²) in [5, 5.41) is 5.88. The van der Waals surface area contributed by atoms with Crippen molar-refractivity contribution < 1.29 is 4.79 Å². The van der Waals surface area contributed by atoms with Crippen LogP contribution >= 0.6 is 24.0 Å². The third-order valence-electron chi connectivity index (χ3n) is 2.96. The van der Waals surface area contributed by atoms with Crippen LogP contribution in [-0.2, 0) is 4.79 Å². The first-order chi connectivity index (χ1) is 9.51. The lowest BCUT2D eigenvalue weighted by Crippen LogP contribution is -2.32. The van der Waals surface area contributed by atoms with Gasteiger partial charge in [-0.2, -0.15) is 0 Å². The SMILES string of the molecule is CCC(C)NC(=O)CCN=C(N)Nc1ccc(C)cc1.I. The average Bonchev–Trinajstić information content (AvgIpc) is 2.41. The first kappa shape index (κ1) is 19.7. The molecule has 21 heavy (non-hydrogen) atoms. The van der Waals surface area contributed by atoms with Gasteiger partial charge >= 0.3 is 0 Å². The molecule has 0 bridgehead atoms. The Bertz CT molecular complexity index is 459. The second-order valence-electron chi connectivity index (χ2n) is 4.88. The number of rotatable bonds is 6. The van der Waals surface area contributed by atoms with Crippen molar-refractivity contribution in [2.24, 2.45) is 10.7 Å². The van der Waals surface area contributed by atoms with Crippen molar-refractivity contribution in [2.45, 2.75) is 39.7 Å².